The van der Waals surface area contributed by atoms with Gasteiger partial charge < -0.3 is 30.5 Å². The van der Waals surface area contributed by atoms with E-state index in [1.807, 2.05) is 0 Å². The summed E-state index contributed by atoms with van der Waals surface area (Å²) in [4.78, 5) is 15.3. The summed E-state index contributed by atoms with van der Waals surface area (Å²) in [6.07, 6.45) is -2.84. The lowest BCUT2D eigenvalue weighted by Gasteiger charge is -2.31. The highest BCUT2D eigenvalue weighted by Crippen LogP contribution is 2.35. The number of nitrogen functional groups attached to an aromatic ring is 1. The average Bonchev–Trinajstić information content (AvgIpc) is 2.64. The van der Waals surface area contributed by atoms with Gasteiger partial charge >= 0.3 is 5.69 Å². The molecular weight excluding hydrogens is 258 g/mol. The Bertz CT molecular complexity index is 520. The number of aliphatic hydroxyl groups is 3. The maximum Gasteiger partial charge on any atom is 0.353 e. The minimum absolute atomic E-state index is 0.000698. The first-order chi connectivity index (χ1) is 8.96. The number of anilines is 1. The predicted molar refractivity (Wildman–Crippen MR) is 61.9 cm³/mol. The van der Waals surface area contributed by atoms with Crippen molar-refractivity contribution >= 4 is 5.82 Å². The van der Waals surface area contributed by atoms with E-state index in [2.05, 4.69) is 4.98 Å². The summed E-state index contributed by atoms with van der Waals surface area (Å²) in [6, 6.07) is 1.32. The van der Waals surface area contributed by atoms with Gasteiger partial charge in [0.25, 0.3) is 5.91 Å². The van der Waals surface area contributed by atoms with E-state index in [1.54, 1.807) is 0 Å². The van der Waals surface area contributed by atoms with Crippen molar-refractivity contribution in [2.45, 2.75) is 24.2 Å². The molecule has 0 spiro atoms. The van der Waals surface area contributed by atoms with E-state index >= 15 is 0 Å². The molecule has 9 nitrogen and oxygen atoms in total. The van der Waals surface area contributed by atoms with Crippen molar-refractivity contribution in [3.63, 3.8) is 0 Å². The third kappa shape index (κ3) is 2.01. The fourth-order valence-electron chi connectivity index (χ4n) is 2.04. The molecule has 1 aromatic heterocycles. The van der Waals surface area contributed by atoms with Gasteiger partial charge in [0.1, 0.15) is 18.0 Å². The third-order valence-corrected chi connectivity index (χ3v) is 3.03. The van der Waals surface area contributed by atoms with Gasteiger partial charge in [-0.25, -0.2) is 9.36 Å². The summed E-state index contributed by atoms with van der Waals surface area (Å²) in [7, 11) is 1.19. The van der Waals surface area contributed by atoms with Gasteiger partial charge in [0.05, 0.1) is 6.61 Å². The Morgan fingerprint density at radius 3 is 2.79 bits per heavy atom. The summed E-state index contributed by atoms with van der Waals surface area (Å²) < 4.78 is 11.2. The van der Waals surface area contributed by atoms with Gasteiger partial charge in [-0.2, -0.15) is 4.98 Å². The average molecular weight is 273 g/mol. The summed E-state index contributed by atoms with van der Waals surface area (Å²) in [5, 5.41) is 28.8. The minimum Gasteiger partial charge on any atom is -0.394 e. The summed E-state index contributed by atoms with van der Waals surface area (Å²) in [5.74, 6) is -1.95. The molecule has 2 rings (SSSR count). The fourth-order valence-corrected chi connectivity index (χ4v) is 2.04. The molecule has 0 aromatic carbocycles. The molecule has 4 atom stereocenters. The van der Waals surface area contributed by atoms with Gasteiger partial charge in [-0.1, -0.05) is 0 Å². The molecule has 2 heterocycles. The molecule has 1 fully saturated rings. The molecule has 5 N–H and O–H groups in total. The molecule has 1 aliphatic heterocycles. The SMILES string of the molecule is CO[C@@]1(n2ccc(N)nc2=O)O[C@H](CO)[C@@H](O)[C@H]1O. The second kappa shape index (κ2) is 4.87. The summed E-state index contributed by atoms with van der Waals surface area (Å²) in [5.41, 5.74) is 4.55. The molecule has 0 unspecified atom stereocenters. The van der Waals surface area contributed by atoms with Crippen LogP contribution in [0.4, 0.5) is 5.82 Å². The number of aliphatic hydroxyl groups excluding tert-OH is 3. The number of nitrogens with two attached hydrogens (primary N) is 1. The Labute approximate surface area is 107 Å². The zero-order chi connectivity index (χ0) is 14.2. The highest BCUT2D eigenvalue weighted by Gasteiger charge is 2.57. The lowest BCUT2D eigenvalue weighted by Crippen LogP contribution is -2.51. The van der Waals surface area contributed by atoms with Crippen LogP contribution in [0.5, 0.6) is 0 Å². The standard InChI is InChI=1S/C10H15N3O6/c1-18-10(8(16)7(15)5(4-14)19-10)13-3-2-6(11)12-9(13)17/h2-3,5,7-8,14-16H,4H2,1H3,(H2,11,12,17)/t5-,7-,8-,10-/m1/s1. The number of aromatic nitrogens is 2. The van der Waals surface area contributed by atoms with Crippen LogP contribution in [-0.2, 0) is 15.4 Å². The number of hydrogen-bond donors (Lipinski definition) is 4. The third-order valence-electron chi connectivity index (χ3n) is 3.03. The van der Waals surface area contributed by atoms with Gasteiger partial charge in [0.2, 0.25) is 0 Å². The zero-order valence-electron chi connectivity index (χ0n) is 10.1. The first-order valence-electron chi connectivity index (χ1n) is 5.52. The number of ether oxygens (including phenoxy) is 2. The van der Waals surface area contributed by atoms with Crippen molar-refractivity contribution in [3.8, 4) is 0 Å². The molecule has 0 radical (unpaired) electrons. The topological polar surface area (TPSA) is 140 Å². The van der Waals surface area contributed by atoms with Crippen molar-refractivity contribution in [1.82, 2.24) is 9.55 Å². The molecule has 1 aliphatic rings. The van der Waals surface area contributed by atoms with Gasteiger partial charge in [0, 0.05) is 13.3 Å². The van der Waals surface area contributed by atoms with E-state index in [-0.39, 0.29) is 5.82 Å². The highest BCUT2D eigenvalue weighted by atomic mass is 16.7. The molecular formula is C10H15N3O6. The van der Waals surface area contributed by atoms with Crippen LogP contribution in [0.25, 0.3) is 0 Å². The van der Waals surface area contributed by atoms with Crippen molar-refractivity contribution in [2.24, 2.45) is 0 Å². The first-order valence-corrected chi connectivity index (χ1v) is 5.52. The predicted octanol–water partition coefficient (Wildman–Crippen LogP) is -2.80. The van der Waals surface area contributed by atoms with Crippen LogP contribution in [0.3, 0.4) is 0 Å². The number of nitrogens with zero attached hydrogens (tertiary/aromatic N) is 2. The fraction of sp³-hybridized carbons (Fsp3) is 0.600. The van der Waals surface area contributed by atoms with Gasteiger partial charge in [-0.3, -0.25) is 0 Å². The first kappa shape index (κ1) is 13.9. The number of hydrogen-bond acceptors (Lipinski definition) is 8. The van der Waals surface area contributed by atoms with Crippen LogP contribution in [0.2, 0.25) is 0 Å². The molecule has 0 amide bonds. The Morgan fingerprint density at radius 2 is 2.32 bits per heavy atom. The van der Waals surface area contributed by atoms with E-state index < -0.39 is 36.5 Å². The monoisotopic (exact) mass is 273 g/mol. The molecule has 1 aromatic rings. The molecule has 19 heavy (non-hydrogen) atoms. The largest absolute Gasteiger partial charge is 0.394 e. The normalized spacial score (nSPS) is 34.6. The maximum absolute atomic E-state index is 11.8. The van der Waals surface area contributed by atoms with E-state index in [1.165, 1.54) is 19.4 Å². The van der Waals surface area contributed by atoms with Crippen LogP contribution in [-0.4, -0.2) is 56.9 Å². The maximum atomic E-state index is 11.8. The van der Waals surface area contributed by atoms with Crippen molar-refractivity contribution in [2.75, 3.05) is 19.5 Å². The van der Waals surface area contributed by atoms with Crippen LogP contribution >= 0.6 is 0 Å². The molecule has 1 saturated heterocycles. The van der Waals surface area contributed by atoms with E-state index in [4.69, 9.17) is 20.3 Å². The van der Waals surface area contributed by atoms with Gasteiger partial charge in [-0.05, 0) is 6.07 Å². The highest BCUT2D eigenvalue weighted by molar-refractivity contribution is 5.23. The number of methoxy groups -OCH3 is 1. The van der Waals surface area contributed by atoms with Crippen LogP contribution in [0.15, 0.2) is 17.1 Å². The van der Waals surface area contributed by atoms with Crippen molar-refractivity contribution < 1.29 is 24.8 Å². The smallest absolute Gasteiger partial charge is 0.353 e. The second-order valence-corrected chi connectivity index (χ2v) is 4.11. The molecule has 0 bridgehead atoms. The van der Waals surface area contributed by atoms with E-state index in [9.17, 15) is 15.0 Å². The minimum atomic E-state index is -1.95. The quantitative estimate of drug-likeness (QED) is 0.463. The van der Waals surface area contributed by atoms with Crippen LogP contribution in [0.1, 0.15) is 0 Å². The Morgan fingerprint density at radius 1 is 1.63 bits per heavy atom. The van der Waals surface area contributed by atoms with Crippen LogP contribution < -0.4 is 11.4 Å². The Kier molecular flexibility index (Phi) is 3.56. The molecule has 106 valence electrons. The summed E-state index contributed by atoms with van der Waals surface area (Å²) >= 11 is 0. The van der Waals surface area contributed by atoms with E-state index in [0.717, 1.165) is 4.57 Å². The van der Waals surface area contributed by atoms with Crippen molar-refractivity contribution in [1.29, 1.82) is 0 Å². The molecule has 9 heteroatoms. The van der Waals surface area contributed by atoms with Gasteiger partial charge in [-0.15, -0.1) is 0 Å². The lowest BCUT2D eigenvalue weighted by atomic mass is 10.1. The Balaban J connectivity index is 2.52. The van der Waals surface area contributed by atoms with Crippen molar-refractivity contribution in [3.05, 3.63) is 22.7 Å². The van der Waals surface area contributed by atoms with Crippen LogP contribution in [0, 0.1) is 0 Å². The second-order valence-electron chi connectivity index (χ2n) is 4.11. The zero-order valence-corrected chi connectivity index (χ0v) is 10.1. The number of rotatable bonds is 3. The van der Waals surface area contributed by atoms with Gasteiger partial charge in [0.15, 0.2) is 6.10 Å². The summed E-state index contributed by atoms with van der Waals surface area (Å²) in [6.45, 7) is -0.541. The lowest BCUT2D eigenvalue weighted by molar-refractivity contribution is -0.306. The molecule has 0 saturated carbocycles. The Hall–Kier alpha value is -1.52. The van der Waals surface area contributed by atoms with E-state index in [0.29, 0.717) is 0 Å². The molecule has 0 aliphatic carbocycles.